The number of likely N-dealkylation sites (N-methyl/N-ethyl adjacent to an activating group) is 1. The number of hydrogen-bond donors (Lipinski definition) is 15. The van der Waals surface area contributed by atoms with Crippen LogP contribution in [0.5, 0.6) is 0 Å². The summed E-state index contributed by atoms with van der Waals surface area (Å²) in [7, 11) is -2.10. The Balaban J connectivity index is 1.49. The topological polar surface area (TPSA) is 417 Å². The van der Waals surface area contributed by atoms with Crippen molar-refractivity contribution in [2.45, 2.75) is 121 Å². The summed E-state index contributed by atoms with van der Waals surface area (Å²) in [6.45, 7) is 6.49. The number of rotatable bonds is 18. The average Bonchev–Trinajstić information content (AvgIpc) is 3.91. The molecule has 0 bridgehead atoms. The zero-order chi connectivity index (χ0) is 60.4. The molecule has 28 nitrogen and oxygen atoms in total. The summed E-state index contributed by atoms with van der Waals surface area (Å²) in [5, 5.41) is 60.1. The van der Waals surface area contributed by atoms with Crippen LogP contribution in [0.25, 0.3) is 10.9 Å². The van der Waals surface area contributed by atoms with Gasteiger partial charge < -0.3 is 83.7 Å². The van der Waals surface area contributed by atoms with Gasteiger partial charge in [0.15, 0.2) is 0 Å². The zero-order valence-electron chi connectivity index (χ0n) is 46.5. The predicted molar refractivity (Wildman–Crippen MR) is 297 cm³/mol. The number of para-hydroxylation sites is 1. The minimum Gasteiger partial charge on any atom is -0.394 e. The van der Waals surface area contributed by atoms with E-state index in [4.69, 9.17) is 0 Å². The number of carbonyl (C=O) groups excluding carboxylic acids is 11. The molecule has 0 spiro atoms. The van der Waals surface area contributed by atoms with Crippen molar-refractivity contribution in [1.29, 1.82) is 0 Å². The van der Waals surface area contributed by atoms with Crippen molar-refractivity contribution < 1.29 is 72.3 Å². The first kappa shape index (κ1) is 65.0. The van der Waals surface area contributed by atoms with Crippen molar-refractivity contribution in [3.63, 3.8) is 0 Å². The van der Waals surface area contributed by atoms with Crippen LogP contribution in [0.3, 0.4) is 0 Å². The van der Waals surface area contributed by atoms with E-state index in [-0.39, 0.29) is 24.0 Å². The van der Waals surface area contributed by atoms with E-state index in [0.29, 0.717) is 40.7 Å². The summed E-state index contributed by atoms with van der Waals surface area (Å²) in [5.41, 5.74) is 2.04. The normalized spacial score (nSPS) is 22.9. The molecule has 0 radical (unpaired) electrons. The number of benzene rings is 2. The molecule has 11 amide bonds. The number of aromatic nitrogens is 1. The third-order valence-electron chi connectivity index (χ3n) is 14.0. The van der Waals surface area contributed by atoms with E-state index in [1.54, 1.807) is 69.3 Å². The smallest absolute Gasteiger partial charge is 0.246 e. The van der Waals surface area contributed by atoms with Crippen molar-refractivity contribution in [3.05, 3.63) is 59.7 Å². The van der Waals surface area contributed by atoms with Crippen LogP contribution >= 0.6 is 0 Å². The highest BCUT2D eigenvalue weighted by atomic mass is 32.2. The van der Waals surface area contributed by atoms with Crippen LogP contribution in [0.4, 0.5) is 5.69 Å². The molecule has 11 atom stereocenters. The van der Waals surface area contributed by atoms with Gasteiger partial charge in [-0.25, -0.2) is 0 Å². The molecule has 3 heterocycles. The van der Waals surface area contributed by atoms with Crippen LogP contribution in [0.1, 0.15) is 65.0 Å². The lowest BCUT2D eigenvalue weighted by atomic mass is 9.94. The van der Waals surface area contributed by atoms with Crippen molar-refractivity contribution in [3.8, 4) is 0 Å². The summed E-state index contributed by atoms with van der Waals surface area (Å²) in [5.74, 6) is -12.1. The van der Waals surface area contributed by atoms with Gasteiger partial charge in [-0.05, 0) is 55.6 Å². The van der Waals surface area contributed by atoms with Crippen LogP contribution < -0.4 is 58.5 Å². The summed E-state index contributed by atoms with van der Waals surface area (Å²) >= 11 is 0. The van der Waals surface area contributed by atoms with Gasteiger partial charge in [-0.3, -0.25) is 56.9 Å². The number of fused-ring (bicyclic) bond motifs is 2. The van der Waals surface area contributed by atoms with Gasteiger partial charge in [0.2, 0.25) is 65.0 Å². The highest BCUT2D eigenvalue weighted by Gasteiger charge is 2.44. The standard InChI is InChI=1S/C53H75N13O15S/c1-7-27(3)45-50(78)58-23-43(73)61-37(26-82(81)52-28(4)34-11-9-10-12-35(34)63-52)48(76)62-36(18-40(70)55-19-31-13-15-32(16-14-31)60-47(75)30(6)59-42(72)20-54-8-2)53(80)66-24-33(68)17-38(66)49(77)65-46(29(5)39(69)25-67)51(79)57-21-41(71)56-22-44(74)64-45/h9-16,27,29-30,33,36-39,45-46,54,63,67-69H,7-8,17-26H2,1-6H3,(H,55,70)(H,56,71)(H,57,79)(H,58,78)(H,59,72)(H,60,75)(H,61,73)(H,62,76)(H,64,74)(H,65,77)/t27?,29-,30?,33+,36?,37-,38?,39?,45?,46?,82?/m0/s1. The Morgan fingerprint density at radius 3 is 2.07 bits per heavy atom. The minimum atomic E-state index is -2.10. The highest BCUT2D eigenvalue weighted by molar-refractivity contribution is 7.85. The summed E-state index contributed by atoms with van der Waals surface area (Å²) in [6, 6.07) is 4.15. The molecule has 0 saturated carbocycles. The first-order valence-corrected chi connectivity index (χ1v) is 28.2. The number of anilines is 1. The largest absolute Gasteiger partial charge is 0.394 e. The maximum atomic E-state index is 14.9. The zero-order valence-corrected chi connectivity index (χ0v) is 47.3. The first-order valence-electron chi connectivity index (χ1n) is 26.9. The van der Waals surface area contributed by atoms with Gasteiger partial charge in [-0.1, -0.05) is 64.4 Å². The molecule has 82 heavy (non-hydrogen) atoms. The van der Waals surface area contributed by atoms with Gasteiger partial charge in [0.05, 0.1) is 68.0 Å². The van der Waals surface area contributed by atoms with E-state index in [0.717, 1.165) is 4.90 Å². The number of nitrogens with zero attached hydrogens (tertiary/aromatic N) is 1. The van der Waals surface area contributed by atoms with Crippen LogP contribution in [-0.4, -0.2) is 194 Å². The fourth-order valence-electron chi connectivity index (χ4n) is 8.93. The van der Waals surface area contributed by atoms with E-state index < -0.39 is 182 Å². The first-order chi connectivity index (χ1) is 38.9. The van der Waals surface area contributed by atoms with E-state index in [2.05, 4.69) is 63.5 Å². The molecule has 29 heteroatoms. The SMILES string of the molecule is CCNCC(=O)NC(C)C(=O)Nc1ccc(CNC(=O)CC2NC(=O)[C@H](CS(=O)c3[nH]c4ccccc4c3C)NC(=O)CNC(=O)C(C(C)CC)NC(=O)CNC(=O)CNC(=O)C([C@@H](C)C(O)CO)NC(=O)C3C[C@@H](O)CN3C2=O)cc1. The number of aliphatic hydroxyl groups is 3. The molecule has 5 rings (SSSR count). The van der Waals surface area contributed by atoms with Gasteiger partial charge in [-0.15, -0.1) is 0 Å². The molecule has 1 aromatic heterocycles. The molecule has 2 aliphatic heterocycles. The number of nitrogens with one attached hydrogen (secondary N) is 12. The highest BCUT2D eigenvalue weighted by Crippen LogP contribution is 2.25. The van der Waals surface area contributed by atoms with Gasteiger partial charge in [-0.2, -0.15) is 0 Å². The van der Waals surface area contributed by atoms with Crippen LogP contribution in [0, 0.1) is 18.8 Å². The van der Waals surface area contributed by atoms with Crippen molar-refractivity contribution in [1.82, 2.24) is 63.1 Å². The second-order valence-electron chi connectivity index (χ2n) is 20.2. The average molecular weight is 1170 g/mol. The molecule has 448 valence electrons. The number of aromatic amines is 1. The van der Waals surface area contributed by atoms with Crippen LogP contribution in [-0.2, 0) is 70.1 Å². The van der Waals surface area contributed by atoms with Gasteiger partial charge in [0.25, 0.3) is 0 Å². The Kier molecular flexibility index (Phi) is 24.4. The third-order valence-corrected chi connectivity index (χ3v) is 15.5. The van der Waals surface area contributed by atoms with Crippen molar-refractivity contribution in [2.24, 2.45) is 11.8 Å². The summed E-state index contributed by atoms with van der Waals surface area (Å²) in [6.07, 6.45) is -3.93. The lowest BCUT2D eigenvalue weighted by molar-refractivity contribution is -0.144. The fourth-order valence-corrected chi connectivity index (χ4v) is 10.3. The van der Waals surface area contributed by atoms with Crippen LogP contribution in [0.2, 0.25) is 0 Å². The second-order valence-corrected chi connectivity index (χ2v) is 21.6. The van der Waals surface area contributed by atoms with Gasteiger partial charge in [0.1, 0.15) is 41.3 Å². The molecule has 15 N–H and O–H groups in total. The van der Waals surface area contributed by atoms with Crippen LogP contribution in [0.15, 0.2) is 53.6 Å². The monoisotopic (exact) mass is 1170 g/mol. The lowest BCUT2D eigenvalue weighted by Gasteiger charge is -2.32. The molecule has 2 aromatic carbocycles. The molecular weight excluding hydrogens is 1090 g/mol. The quantitative estimate of drug-likeness (QED) is 0.0572. The Bertz CT molecular complexity index is 2850. The number of aryl methyl sites for hydroxylation is 1. The Hall–Kier alpha value is -7.86. The number of amides is 11. The summed E-state index contributed by atoms with van der Waals surface area (Å²) < 4.78 is 14.3. The van der Waals surface area contributed by atoms with Crippen molar-refractivity contribution in [2.75, 3.05) is 56.9 Å². The number of H-pyrrole nitrogens is 1. The predicted octanol–water partition coefficient (Wildman–Crippen LogP) is -4.36. The van der Waals surface area contributed by atoms with E-state index in [1.807, 2.05) is 6.92 Å². The second kappa shape index (κ2) is 30.8. The van der Waals surface area contributed by atoms with E-state index >= 15 is 0 Å². The Morgan fingerprint density at radius 1 is 0.768 bits per heavy atom. The minimum absolute atomic E-state index is 0.0257. The fraction of sp³-hybridized carbons (Fsp3) is 0.528. The molecule has 8 unspecified atom stereocenters. The molecule has 2 aliphatic rings. The molecular formula is C53H75N13O15S. The lowest BCUT2D eigenvalue weighted by Crippen LogP contribution is -2.61. The molecule has 2 saturated heterocycles. The number of carbonyl (C=O) groups is 11. The number of hydrogen-bond acceptors (Lipinski definition) is 16. The Morgan fingerprint density at radius 2 is 1.41 bits per heavy atom. The maximum absolute atomic E-state index is 14.9. The van der Waals surface area contributed by atoms with E-state index in [1.165, 1.54) is 13.8 Å². The number of aliphatic hydroxyl groups excluding tert-OH is 3. The van der Waals surface area contributed by atoms with Gasteiger partial charge in [0, 0.05) is 42.0 Å². The Labute approximate surface area is 475 Å². The summed E-state index contributed by atoms with van der Waals surface area (Å²) in [4.78, 5) is 154. The molecule has 0 aliphatic carbocycles. The maximum Gasteiger partial charge on any atom is 0.246 e. The third kappa shape index (κ3) is 18.3. The van der Waals surface area contributed by atoms with E-state index in [9.17, 15) is 72.3 Å². The van der Waals surface area contributed by atoms with Crippen molar-refractivity contribution >= 4 is 92.4 Å². The molecule has 3 aromatic rings. The molecule has 2 fully saturated rings. The van der Waals surface area contributed by atoms with Gasteiger partial charge >= 0.3 is 0 Å².